The maximum atomic E-state index is 5.61. The van der Waals surface area contributed by atoms with E-state index >= 15 is 0 Å². The van der Waals surface area contributed by atoms with E-state index in [1.165, 1.54) is 0 Å². The molecule has 0 bridgehead atoms. The number of nitrogens with one attached hydrogen (secondary N) is 1. The zero-order valence-electron chi connectivity index (χ0n) is 11.9. The zero-order valence-corrected chi connectivity index (χ0v) is 15.1. The average Bonchev–Trinajstić information content (AvgIpc) is 3.00. The summed E-state index contributed by atoms with van der Waals surface area (Å²) in [6.45, 7) is 0. The summed E-state index contributed by atoms with van der Waals surface area (Å²) in [4.78, 5) is 7.83. The van der Waals surface area contributed by atoms with E-state index in [1.54, 1.807) is 7.11 Å². The van der Waals surface area contributed by atoms with Crippen molar-refractivity contribution in [2.45, 2.75) is 6.10 Å². The molecule has 0 spiro atoms. The maximum absolute atomic E-state index is 5.61. The molecule has 0 saturated carbocycles. The Kier molecular flexibility index (Phi) is 4.76. The Hall–Kier alpha value is -1.43. The van der Waals surface area contributed by atoms with Gasteiger partial charge in [-0.3, -0.25) is 0 Å². The van der Waals surface area contributed by atoms with E-state index in [9.17, 15) is 0 Å². The van der Waals surface area contributed by atoms with Gasteiger partial charge in [0.05, 0.1) is 11.9 Å². The second-order valence-electron chi connectivity index (χ2n) is 4.86. The molecule has 0 aliphatic heterocycles. The van der Waals surface area contributed by atoms with Gasteiger partial charge in [0.15, 0.2) is 0 Å². The summed E-state index contributed by atoms with van der Waals surface area (Å²) in [6.07, 6.45) is 1.63. The van der Waals surface area contributed by atoms with Crippen LogP contribution in [0.5, 0.6) is 0 Å². The monoisotopic (exact) mass is 420 g/mol. The van der Waals surface area contributed by atoms with Crippen molar-refractivity contribution < 1.29 is 4.74 Å². The van der Waals surface area contributed by atoms with Gasteiger partial charge in [-0.15, -0.1) is 0 Å². The first-order chi connectivity index (χ1) is 10.7. The number of benzene rings is 2. The van der Waals surface area contributed by atoms with Gasteiger partial charge in [0.25, 0.3) is 0 Å². The number of methoxy groups -OCH3 is 1. The van der Waals surface area contributed by atoms with Crippen LogP contribution in [0.25, 0.3) is 11.3 Å². The standard InChI is InChI=1S/C17H14Br2N2O/c1-22-16(12-4-8-14(19)9-5-12)17-20-10-15(21-17)11-2-6-13(18)7-3-11/h2-10,16H,1H3,(H,20,21)/t16-/m1/s1. The van der Waals surface area contributed by atoms with Crippen molar-refractivity contribution in [3.63, 3.8) is 0 Å². The first kappa shape index (κ1) is 15.5. The number of H-pyrrole nitrogens is 1. The molecule has 2 aromatic carbocycles. The summed E-state index contributed by atoms with van der Waals surface area (Å²) in [5.41, 5.74) is 3.12. The van der Waals surface area contributed by atoms with E-state index in [2.05, 4.69) is 41.8 Å². The molecule has 112 valence electrons. The topological polar surface area (TPSA) is 37.9 Å². The number of halogens is 2. The number of imidazole rings is 1. The minimum atomic E-state index is -0.211. The normalized spacial score (nSPS) is 12.3. The number of hydrogen-bond donors (Lipinski definition) is 1. The third-order valence-corrected chi connectivity index (χ3v) is 4.46. The maximum Gasteiger partial charge on any atom is 0.140 e. The Morgan fingerprint density at radius 3 is 2.14 bits per heavy atom. The van der Waals surface area contributed by atoms with E-state index in [0.717, 1.165) is 31.6 Å². The molecule has 0 amide bonds. The van der Waals surface area contributed by atoms with Crippen LogP contribution in [0.3, 0.4) is 0 Å². The van der Waals surface area contributed by atoms with Gasteiger partial charge in [0.1, 0.15) is 11.9 Å². The van der Waals surface area contributed by atoms with Gasteiger partial charge in [-0.1, -0.05) is 56.1 Å². The van der Waals surface area contributed by atoms with Crippen LogP contribution >= 0.6 is 31.9 Å². The second-order valence-corrected chi connectivity index (χ2v) is 6.69. The van der Waals surface area contributed by atoms with Crippen LogP contribution < -0.4 is 0 Å². The van der Waals surface area contributed by atoms with Gasteiger partial charge >= 0.3 is 0 Å². The summed E-state index contributed by atoms with van der Waals surface area (Å²) in [6, 6.07) is 16.2. The number of aromatic amines is 1. The molecule has 0 aliphatic carbocycles. The van der Waals surface area contributed by atoms with Crippen molar-refractivity contribution in [2.75, 3.05) is 7.11 Å². The Morgan fingerprint density at radius 1 is 0.955 bits per heavy atom. The van der Waals surface area contributed by atoms with Crippen LogP contribution in [0.1, 0.15) is 17.5 Å². The third-order valence-electron chi connectivity index (χ3n) is 3.41. The molecule has 0 radical (unpaired) electrons. The summed E-state index contributed by atoms with van der Waals surface area (Å²) in [7, 11) is 1.69. The average molecular weight is 422 g/mol. The Bertz CT molecular complexity index is 751. The number of hydrogen-bond acceptors (Lipinski definition) is 2. The smallest absolute Gasteiger partial charge is 0.140 e. The molecule has 1 heterocycles. The number of ether oxygens (including phenoxy) is 1. The van der Waals surface area contributed by atoms with Gasteiger partial charge in [0, 0.05) is 16.1 Å². The molecule has 3 rings (SSSR count). The second kappa shape index (κ2) is 6.77. The van der Waals surface area contributed by atoms with Crippen molar-refractivity contribution >= 4 is 31.9 Å². The van der Waals surface area contributed by atoms with Crippen LogP contribution in [0.2, 0.25) is 0 Å². The first-order valence-corrected chi connectivity index (χ1v) is 8.35. The largest absolute Gasteiger partial charge is 0.369 e. The molecule has 0 fully saturated rings. The lowest BCUT2D eigenvalue weighted by Crippen LogP contribution is -2.05. The van der Waals surface area contributed by atoms with Crippen LogP contribution in [0.15, 0.2) is 63.7 Å². The van der Waals surface area contributed by atoms with Gasteiger partial charge in [0.2, 0.25) is 0 Å². The summed E-state index contributed by atoms with van der Waals surface area (Å²) >= 11 is 6.89. The quantitative estimate of drug-likeness (QED) is 0.617. The molecule has 3 nitrogen and oxygen atoms in total. The lowest BCUT2D eigenvalue weighted by atomic mass is 10.1. The minimum absolute atomic E-state index is 0.211. The summed E-state index contributed by atoms with van der Waals surface area (Å²) < 4.78 is 7.71. The molecule has 5 heteroatoms. The van der Waals surface area contributed by atoms with Crippen molar-refractivity contribution in [3.8, 4) is 11.3 Å². The van der Waals surface area contributed by atoms with Crippen molar-refractivity contribution in [1.29, 1.82) is 0 Å². The van der Waals surface area contributed by atoms with Crippen molar-refractivity contribution in [2.24, 2.45) is 0 Å². The fraction of sp³-hybridized carbons (Fsp3) is 0.118. The Balaban J connectivity index is 1.91. The van der Waals surface area contributed by atoms with Gasteiger partial charge in [-0.05, 0) is 35.4 Å². The number of rotatable bonds is 4. The van der Waals surface area contributed by atoms with Gasteiger partial charge in [-0.2, -0.15) is 0 Å². The SMILES string of the molecule is CO[C@H](c1ccc(Br)cc1)c1ncc(-c2ccc(Br)cc2)[nH]1. The first-order valence-electron chi connectivity index (χ1n) is 6.76. The lowest BCUT2D eigenvalue weighted by Gasteiger charge is -2.13. The summed E-state index contributed by atoms with van der Waals surface area (Å²) in [5, 5.41) is 0. The predicted molar refractivity (Wildman–Crippen MR) is 94.7 cm³/mol. The van der Waals surface area contributed by atoms with E-state index < -0.39 is 0 Å². The molecule has 3 aromatic rings. The van der Waals surface area contributed by atoms with Crippen molar-refractivity contribution in [1.82, 2.24) is 9.97 Å². The molecular weight excluding hydrogens is 408 g/mol. The molecule has 0 unspecified atom stereocenters. The third kappa shape index (κ3) is 3.32. The molecule has 1 N–H and O–H groups in total. The highest BCUT2D eigenvalue weighted by Gasteiger charge is 2.17. The predicted octanol–water partition coefficient (Wildman–Crippen LogP) is 5.34. The van der Waals surface area contributed by atoms with Crippen LogP contribution in [0.4, 0.5) is 0 Å². The van der Waals surface area contributed by atoms with Crippen LogP contribution in [-0.2, 0) is 4.74 Å². The van der Waals surface area contributed by atoms with Crippen LogP contribution in [0, 0.1) is 0 Å². The molecule has 0 saturated heterocycles. The molecule has 1 aromatic heterocycles. The molecule has 0 aliphatic rings. The Labute approximate surface area is 146 Å². The lowest BCUT2D eigenvalue weighted by molar-refractivity contribution is 0.130. The fourth-order valence-electron chi connectivity index (χ4n) is 2.29. The molecule has 22 heavy (non-hydrogen) atoms. The van der Waals surface area contributed by atoms with E-state index in [-0.39, 0.29) is 6.10 Å². The van der Waals surface area contributed by atoms with E-state index in [4.69, 9.17) is 4.74 Å². The summed E-state index contributed by atoms with van der Waals surface area (Å²) in [5.74, 6) is 0.794. The van der Waals surface area contributed by atoms with E-state index in [1.807, 2.05) is 54.7 Å². The molecular formula is C17H14Br2N2O. The van der Waals surface area contributed by atoms with Crippen LogP contribution in [-0.4, -0.2) is 17.1 Å². The highest BCUT2D eigenvalue weighted by Crippen LogP contribution is 2.27. The Morgan fingerprint density at radius 2 is 1.55 bits per heavy atom. The van der Waals surface area contributed by atoms with Gasteiger partial charge in [-0.25, -0.2) is 4.98 Å². The number of nitrogens with zero attached hydrogens (tertiary/aromatic N) is 1. The van der Waals surface area contributed by atoms with E-state index in [0.29, 0.717) is 0 Å². The fourth-order valence-corrected chi connectivity index (χ4v) is 2.82. The number of aromatic nitrogens is 2. The molecule has 1 atom stereocenters. The minimum Gasteiger partial charge on any atom is -0.369 e. The van der Waals surface area contributed by atoms with Crippen molar-refractivity contribution in [3.05, 3.63) is 75.1 Å². The van der Waals surface area contributed by atoms with Gasteiger partial charge < -0.3 is 9.72 Å². The highest BCUT2D eigenvalue weighted by molar-refractivity contribution is 9.10. The zero-order chi connectivity index (χ0) is 15.5. The highest BCUT2D eigenvalue weighted by atomic mass is 79.9.